The summed E-state index contributed by atoms with van der Waals surface area (Å²) in [6.07, 6.45) is 0.860. The van der Waals surface area contributed by atoms with E-state index in [4.69, 9.17) is 23.7 Å². The highest BCUT2D eigenvalue weighted by Gasteiger charge is 2.55. The Kier molecular flexibility index (Phi) is 4.01. The van der Waals surface area contributed by atoms with Crippen LogP contribution in [0.2, 0.25) is 0 Å². The van der Waals surface area contributed by atoms with Gasteiger partial charge in [0.1, 0.15) is 0 Å². The Bertz CT molecular complexity index is 417. The summed E-state index contributed by atoms with van der Waals surface area (Å²) in [5, 5.41) is 0. The van der Waals surface area contributed by atoms with Crippen molar-refractivity contribution >= 4 is 0 Å². The highest BCUT2D eigenvalue weighted by atomic mass is 16.6. The van der Waals surface area contributed by atoms with Gasteiger partial charge in [-0.25, -0.2) is 0 Å². The van der Waals surface area contributed by atoms with Crippen molar-refractivity contribution in [1.29, 1.82) is 0 Å². The molecule has 0 aromatic rings. The van der Waals surface area contributed by atoms with E-state index < -0.39 is 0 Å². The van der Waals surface area contributed by atoms with Gasteiger partial charge in [-0.2, -0.15) is 0 Å². The molecule has 4 heterocycles. The topological polar surface area (TPSA) is 46.2 Å². The minimum Gasteiger partial charge on any atom is -0.380 e. The van der Waals surface area contributed by atoms with Gasteiger partial charge in [0.05, 0.1) is 64.1 Å². The summed E-state index contributed by atoms with van der Waals surface area (Å²) in [7, 11) is 0. The highest BCUT2D eigenvalue weighted by Crippen LogP contribution is 2.45. The molecule has 0 bridgehead atoms. The molecule has 23 heavy (non-hydrogen) atoms. The highest BCUT2D eigenvalue weighted by molar-refractivity contribution is 5.02. The third-order valence-corrected chi connectivity index (χ3v) is 6.24. The van der Waals surface area contributed by atoms with Crippen LogP contribution >= 0.6 is 0 Å². The Morgan fingerprint density at radius 3 is 1.43 bits per heavy atom. The van der Waals surface area contributed by atoms with E-state index in [1.54, 1.807) is 0 Å². The van der Waals surface area contributed by atoms with Crippen molar-refractivity contribution in [2.45, 2.75) is 52.1 Å². The Labute approximate surface area is 138 Å². The van der Waals surface area contributed by atoms with Crippen LogP contribution in [0, 0.1) is 22.7 Å². The van der Waals surface area contributed by atoms with E-state index in [1.807, 2.05) is 0 Å². The Hall–Kier alpha value is -0.200. The van der Waals surface area contributed by atoms with Gasteiger partial charge in [-0.15, -0.1) is 0 Å². The van der Waals surface area contributed by atoms with Crippen LogP contribution in [0.1, 0.15) is 27.7 Å². The quantitative estimate of drug-likeness (QED) is 0.746. The van der Waals surface area contributed by atoms with Crippen LogP contribution in [-0.4, -0.2) is 64.1 Å². The third-order valence-electron chi connectivity index (χ3n) is 6.24. The summed E-state index contributed by atoms with van der Waals surface area (Å²) in [4.78, 5) is 0. The lowest BCUT2D eigenvalue weighted by atomic mass is 9.73. The number of rotatable bonds is 6. The van der Waals surface area contributed by atoms with Crippen LogP contribution in [0.25, 0.3) is 0 Å². The summed E-state index contributed by atoms with van der Waals surface area (Å²) in [6.45, 7) is 13.7. The molecular formula is C18H30O5. The lowest BCUT2D eigenvalue weighted by molar-refractivity contribution is -0.304. The Balaban J connectivity index is 1.26. The molecule has 0 aromatic carbocycles. The molecule has 8 unspecified atom stereocenters. The maximum atomic E-state index is 6.14. The van der Waals surface area contributed by atoms with Crippen molar-refractivity contribution in [2.75, 3.05) is 39.6 Å². The van der Waals surface area contributed by atoms with Crippen molar-refractivity contribution in [1.82, 2.24) is 0 Å². The second-order valence-corrected chi connectivity index (χ2v) is 8.81. The molecule has 0 spiro atoms. The maximum Gasteiger partial charge on any atom is 0.0937 e. The number of hydrogen-bond acceptors (Lipinski definition) is 5. The molecule has 5 nitrogen and oxygen atoms in total. The zero-order chi connectivity index (χ0) is 16.2. The molecule has 0 amide bonds. The van der Waals surface area contributed by atoms with E-state index in [1.165, 1.54) is 0 Å². The van der Waals surface area contributed by atoms with Gasteiger partial charge in [0.2, 0.25) is 0 Å². The van der Waals surface area contributed by atoms with Gasteiger partial charge < -0.3 is 23.7 Å². The molecule has 4 fully saturated rings. The zero-order valence-corrected chi connectivity index (χ0v) is 14.7. The van der Waals surface area contributed by atoms with Crippen LogP contribution in [0.4, 0.5) is 0 Å². The van der Waals surface area contributed by atoms with Gasteiger partial charge >= 0.3 is 0 Å². The lowest BCUT2D eigenvalue weighted by Crippen LogP contribution is -2.65. The predicted molar refractivity (Wildman–Crippen MR) is 84.3 cm³/mol. The first-order chi connectivity index (χ1) is 10.9. The molecule has 0 aliphatic carbocycles. The minimum atomic E-state index is 0.0794. The van der Waals surface area contributed by atoms with E-state index in [-0.39, 0.29) is 35.2 Å². The average Bonchev–Trinajstić information content (AvgIpc) is 2.51. The molecule has 4 rings (SSSR count). The van der Waals surface area contributed by atoms with E-state index in [2.05, 4.69) is 27.7 Å². The Morgan fingerprint density at radius 1 is 0.783 bits per heavy atom. The fourth-order valence-electron chi connectivity index (χ4n) is 4.25. The monoisotopic (exact) mass is 326 g/mol. The van der Waals surface area contributed by atoms with Gasteiger partial charge in [-0.3, -0.25) is 0 Å². The second kappa shape index (κ2) is 5.67. The number of ether oxygens (including phenoxy) is 5. The van der Waals surface area contributed by atoms with Gasteiger partial charge in [0, 0.05) is 22.7 Å². The molecule has 4 aliphatic rings. The molecule has 8 atom stereocenters. The SMILES string of the molecule is CC1COC1C1OCC1(C)COCC1(C)COC1C1OCC1C. The summed E-state index contributed by atoms with van der Waals surface area (Å²) < 4.78 is 29.1. The fraction of sp³-hybridized carbons (Fsp3) is 1.00. The normalized spacial score (nSPS) is 55.3. The molecule has 4 saturated heterocycles. The average molecular weight is 326 g/mol. The van der Waals surface area contributed by atoms with Crippen molar-refractivity contribution in [3.05, 3.63) is 0 Å². The van der Waals surface area contributed by atoms with Crippen molar-refractivity contribution in [3.63, 3.8) is 0 Å². The van der Waals surface area contributed by atoms with Crippen molar-refractivity contribution in [3.8, 4) is 0 Å². The molecule has 4 aliphatic heterocycles. The lowest BCUT2D eigenvalue weighted by Gasteiger charge is -2.56. The minimum absolute atomic E-state index is 0.0794. The van der Waals surface area contributed by atoms with Gasteiger partial charge in [-0.05, 0) is 0 Å². The van der Waals surface area contributed by atoms with E-state index in [0.29, 0.717) is 11.8 Å². The van der Waals surface area contributed by atoms with Crippen molar-refractivity contribution < 1.29 is 23.7 Å². The zero-order valence-electron chi connectivity index (χ0n) is 14.7. The second-order valence-electron chi connectivity index (χ2n) is 8.81. The first-order valence-corrected chi connectivity index (χ1v) is 8.97. The van der Waals surface area contributed by atoms with Gasteiger partial charge in [-0.1, -0.05) is 27.7 Å². The fourth-order valence-corrected chi connectivity index (χ4v) is 4.25. The standard InChI is InChI=1S/C18H30O5/c1-11-5-20-13(11)15-17(3,9-22-15)7-19-8-18(4)10-23-16(18)14-12(2)6-21-14/h11-16H,5-10H2,1-4H3. The summed E-state index contributed by atoms with van der Waals surface area (Å²) in [5.41, 5.74) is 0.159. The van der Waals surface area contributed by atoms with E-state index in [9.17, 15) is 0 Å². The molecule has 0 N–H and O–H groups in total. The summed E-state index contributed by atoms with van der Waals surface area (Å²) in [5.74, 6) is 1.19. The first kappa shape index (κ1) is 16.3. The molecule has 0 radical (unpaired) electrons. The predicted octanol–water partition coefficient (Wildman–Crippen LogP) is 1.88. The molecule has 0 aromatic heterocycles. The largest absolute Gasteiger partial charge is 0.380 e. The van der Waals surface area contributed by atoms with E-state index >= 15 is 0 Å². The Morgan fingerprint density at radius 2 is 1.22 bits per heavy atom. The van der Waals surface area contributed by atoms with Gasteiger partial charge in [0.25, 0.3) is 0 Å². The van der Waals surface area contributed by atoms with Crippen LogP contribution < -0.4 is 0 Å². The molecule has 5 heteroatoms. The van der Waals surface area contributed by atoms with Crippen LogP contribution in [0.5, 0.6) is 0 Å². The smallest absolute Gasteiger partial charge is 0.0937 e. The number of hydrogen-bond donors (Lipinski definition) is 0. The molecular weight excluding hydrogens is 296 g/mol. The van der Waals surface area contributed by atoms with Crippen LogP contribution in [-0.2, 0) is 23.7 Å². The third kappa shape index (κ3) is 2.56. The summed E-state index contributed by atoms with van der Waals surface area (Å²) in [6, 6.07) is 0. The van der Waals surface area contributed by atoms with Crippen LogP contribution in [0.3, 0.4) is 0 Å². The first-order valence-electron chi connectivity index (χ1n) is 8.97. The summed E-state index contributed by atoms with van der Waals surface area (Å²) >= 11 is 0. The van der Waals surface area contributed by atoms with Crippen LogP contribution in [0.15, 0.2) is 0 Å². The molecule has 0 saturated carbocycles. The van der Waals surface area contributed by atoms with E-state index in [0.717, 1.165) is 39.6 Å². The maximum absolute atomic E-state index is 6.14. The van der Waals surface area contributed by atoms with Crippen molar-refractivity contribution in [2.24, 2.45) is 22.7 Å². The van der Waals surface area contributed by atoms with Gasteiger partial charge in [0.15, 0.2) is 0 Å². The molecule has 132 valence electrons.